The second-order valence-electron chi connectivity index (χ2n) is 10.7. The SMILES string of the molecule is CCCc1nc2c(C)cc(-c3nc4ccccc4n3C)cc2n1Cc1ccc(-c2ccccc2NC(=O)C(F)(F)F)cc1. The van der Waals surface area contributed by atoms with Gasteiger partial charge in [0.1, 0.15) is 11.6 Å². The van der Waals surface area contributed by atoms with Crippen molar-refractivity contribution in [3.63, 3.8) is 0 Å². The minimum Gasteiger partial charge on any atom is -0.327 e. The second kappa shape index (κ2) is 11.1. The number of alkyl halides is 3. The van der Waals surface area contributed by atoms with E-state index >= 15 is 0 Å². The highest BCUT2D eigenvalue weighted by Crippen LogP contribution is 2.32. The molecule has 43 heavy (non-hydrogen) atoms. The van der Waals surface area contributed by atoms with Crippen LogP contribution in [0.4, 0.5) is 18.9 Å². The third-order valence-electron chi connectivity index (χ3n) is 7.68. The van der Waals surface area contributed by atoms with Gasteiger partial charge in [-0.3, -0.25) is 4.79 Å². The van der Waals surface area contributed by atoms with Crippen molar-refractivity contribution in [2.45, 2.75) is 39.4 Å². The van der Waals surface area contributed by atoms with E-state index in [-0.39, 0.29) is 5.69 Å². The highest BCUT2D eigenvalue weighted by Gasteiger charge is 2.39. The van der Waals surface area contributed by atoms with Crippen LogP contribution in [0.15, 0.2) is 84.9 Å². The van der Waals surface area contributed by atoms with Gasteiger partial charge in [-0.15, -0.1) is 0 Å². The first kappa shape index (κ1) is 28.2. The number of nitrogens with one attached hydrogen (secondary N) is 1. The normalized spacial score (nSPS) is 11.9. The molecule has 0 unspecified atom stereocenters. The van der Waals surface area contributed by atoms with Crippen LogP contribution in [0.25, 0.3) is 44.6 Å². The van der Waals surface area contributed by atoms with Gasteiger partial charge in [-0.05, 0) is 60.4 Å². The van der Waals surface area contributed by atoms with Crippen LogP contribution in [0, 0.1) is 6.92 Å². The fraction of sp³-hybridized carbons (Fsp3) is 0.206. The van der Waals surface area contributed by atoms with E-state index in [2.05, 4.69) is 41.2 Å². The zero-order valence-electron chi connectivity index (χ0n) is 24.0. The van der Waals surface area contributed by atoms with Gasteiger partial charge in [0.2, 0.25) is 0 Å². The van der Waals surface area contributed by atoms with E-state index in [0.717, 1.165) is 63.2 Å². The number of hydrogen-bond acceptors (Lipinski definition) is 3. The van der Waals surface area contributed by atoms with E-state index in [1.807, 2.05) is 54.8 Å². The molecule has 0 bridgehead atoms. The minimum atomic E-state index is -4.97. The summed E-state index contributed by atoms with van der Waals surface area (Å²) in [6, 6.07) is 26.5. The third-order valence-corrected chi connectivity index (χ3v) is 7.68. The topological polar surface area (TPSA) is 64.7 Å². The quantitative estimate of drug-likeness (QED) is 0.207. The van der Waals surface area contributed by atoms with E-state index < -0.39 is 12.1 Å². The Balaban J connectivity index is 1.36. The van der Waals surface area contributed by atoms with Crippen LogP contribution in [0.2, 0.25) is 0 Å². The number of amides is 1. The number of halogens is 3. The second-order valence-corrected chi connectivity index (χ2v) is 10.7. The first-order chi connectivity index (χ1) is 20.6. The van der Waals surface area contributed by atoms with Crippen molar-refractivity contribution in [2.24, 2.45) is 7.05 Å². The van der Waals surface area contributed by atoms with E-state index in [1.54, 1.807) is 18.2 Å². The molecule has 0 aliphatic heterocycles. The Morgan fingerprint density at radius 3 is 2.33 bits per heavy atom. The monoisotopic (exact) mass is 581 g/mol. The van der Waals surface area contributed by atoms with Gasteiger partial charge in [-0.25, -0.2) is 9.97 Å². The highest BCUT2D eigenvalue weighted by atomic mass is 19.4. The lowest BCUT2D eigenvalue weighted by Crippen LogP contribution is -2.30. The average Bonchev–Trinajstić information content (AvgIpc) is 3.51. The van der Waals surface area contributed by atoms with Crippen molar-refractivity contribution in [3.05, 3.63) is 102 Å². The van der Waals surface area contributed by atoms with Crippen molar-refractivity contribution in [2.75, 3.05) is 5.32 Å². The van der Waals surface area contributed by atoms with Gasteiger partial charge in [0, 0.05) is 36.8 Å². The summed E-state index contributed by atoms with van der Waals surface area (Å²) in [5.41, 5.74) is 8.40. The molecule has 1 amide bonds. The van der Waals surface area contributed by atoms with Crippen LogP contribution in [0.1, 0.15) is 30.3 Å². The molecule has 6 aromatic rings. The summed E-state index contributed by atoms with van der Waals surface area (Å²) in [4.78, 5) is 21.5. The number of rotatable bonds is 7. The number of anilines is 1. The Morgan fingerprint density at radius 1 is 0.884 bits per heavy atom. The summed E-state index contributed by atoms with van der Waals surface area (Å²) >= 11 is 0. The molecule has 0 saturated heterocycles. The average molecular weight is 582 g/mol. The maximum Gasteiger partial charge on any atom is 0.471 e. The summed E-state index contributed by atoms with van der Waals surface area (Å²) in [6.07, 6.45) is -3.21. The predicted molar refractivity (Wildman–Crippen MR) is 164 cm³/mol. The molecule has 6 nitrogen and oxygen atoms in total. The molecule has 0 saturated carbocycles. The molecule has 1 N–H and O–H groups in total. The molecule has 218 valence electrons. The Labute approximate surface area is 246 Å². The number of para-hydroxylation sites is 3. The Kier molecular flexibility index (Phi) is 7.25. The molecule has 9 heteroatoms. The highest BCUT2D eigenvalue weighted by molar-refractivity contribution is 5.98. The van der Waals surface area contributed by atoms with Crippen LogP contribution < -0.4 is 5.32 Å². The van der Waals surface area contributed by atoms with Crippen LogP contribution in [0.3, 0.4) is 0 Å². The lowest BCUT2D eigenvalue weighted by atomic mass is 10.0. The molecular formula is C34H30F3N5O. The number of carbonyl (C=O) groups is 1. The van der Waals surface area contributed by atoms with Crippen LogP contribution in [-0.4, -0.2) is 31.2 Å². The molecular weight excluding hydrogens is 551 g/mol. The molecule has 6 rings (SSSR count). The Hall–Kier alpha value is -4.92. The molecule has 0 radical (unpaired) electrons. The first-order valence-corrected chi connectivity index (χ1v) is 14.1. The maximum absolute atomic E-state index is 12.9. The number of aromatic nitrogens is 4. The van der Waals surface area contributed by atoms with E-state index in [1.165, 1.54) is 6.07 Å². The van der Waals surface area contributed by atoms with Gasteiger partial charge in [0.15, 0.2) is 0 Å². The van der Waals surface area contributed by atoms with Crippen molar-refractivity contribution in [1.82, 2.24) is 19.1 Å². The molecule has 0 spiro atoms. The van der Waals surface area contributed by atoms with Crippen LogP contribution in [-0.2, 0) is 24.8 Å². The summed E-state index contributed by atoms with van der Waals surface area (Å²) in [5.74, 6) is -0.121. The Bertz CT molecular complexity index is 1970. The largest absolute Gasteiger partial charge is 0.471 e. The van der Waals surface area contributed by atoms with Gasteiger partial charge in [-0.2, -0.15) is 13.2 Å². The number of nitrogens with zero attached hydrogens (tertiary/aromatic N) is 4. The fourth-order valence-corrected chi connectivity index (χ4v) is 5.57. The molecule has 2 aromatic heterocycles. The van der Waals surface area contributed by atoms with Crippen LogP contribution >= 0.6 is 0 Å². The molecule has 0 fully saturated rings. The van der Waals surface area contributed by atoms with Crippen molar-refractivity contribution in [3.8, 4) is 22.5 Å². The molecule has 4 aromatic carbocycles. The van der Waals surface area contributed by atoms with E-state index in [9.17, 15) is 18.0 Å². The molecule has 0 aliphatic rings. The van der Waals surface area contributed by atoms with Gasteiger partial charge in [0.25, 0.3) is 0 Å². The smallest absolute Gasteiger partial charge is 0.327 e. The van der Waals surface area contributed by atoms with Gasteiger partial charge in [-0.1, -0.05) is 61.5 Å². The summed E-state index contributed by atoms with van der Waals surface area (Å²) in [6.45, 7) is 4.78. The van der Waals surface area contributed by atoms with Crippen molar-refractivity contribution >= 4 is 33.7 Å². The van der Waals surface area contributed by atoms with Gasteiger partial charge >= 0.3 is 12.1 Å². The van der Waals surface area contributed by atoms with Gasteiger partial charge < -0.3 is 14.5 Å². The summed E-state index contributed by atoms with van der Waals surface area (Å²) in [5, 5.41) is 1.99. The third kappa shape index (κ3) is 5.38. The molecule has 0 aliphatic carbocycles. The number of aryl methyl sites for hydroxylation is 3. The van der Waals surface area contributed by atoms with Crippen LogP contribution in [0.5, 0.6) is 0 Å². The molecule has 0 atom stereocenters. The van der Waals surface area contributed by atoms with Gasteiger partial charge in [0.05, 0.1) is 22.1 Å². The van der Waals surface area contributed by atoms with E-state index in [4.69, 9.17) is 9.97 Å². The standard InChI is InChI=1S/C34H30F3N5O/c1-4-9-30-40-31-21(2)18-24(32-38-27-12-7-8-13-28(27)41(32)3)19-29(31)42(30)20-22-14-16-23(17-15-22)25-10-5-6-11-26(25)39-33(43)34(35,36)37/h5-8,10-19H,4,9,20H2,1-3H3,(H,39,43). The maximum atomic E-state index is 12.9. The minimum absolute atomic E-state index is 0.105. The molecule has 2 heterocycles. The number of benzene rings is 4. The zero-order chi connectivity index (χ0) is 30.3. The Morgan fingerprint density at radius 2 is 1.60 bits per heavy atom. The number of imidazole rings is 2. The first-order valence-electron chi connectivity index (χ1n) is 14.1. The van der Waals surface area contributed by atoms with Crippen molar-refractivity contribution < 1.29 is 18.0 Å². The zero-order valence-corrected chi connectivity index (χ0v) is 24.0. The lowest BCUT2D eigenvalue weighted by Gasteiger charge is -2.14. The summed E-state index contributed by atoms with van der Waals surface area (Å²) in [7, 11) is 2.03. The lowest BCUT2D eigenvalue weighted by molar-refractivity contribution is -0.167. The van der Waals surface area contributed by atoms with E-state index in [0.29, 0.717) is 17.7 Å². The number of hydrogen-bond donors (Lipinski definition) is 1. The number of carbonyl (C=O) groups excluding carboxylic acids is 1. The number of fused-ring (bicyclic) bond motifs is 2. The summed E-state index contributed by atoms with van der Waals surface area (Å²) < 4.78 is 43.0. The predicted octanol–water partition coefficient (Wildman–Crippen LogP) is 8.07. The van der Waals surface area contributed by atoms with Crippen molar-refractivity contribution in [1.29, 1.82) is 0 Å². The fourth-order valence-electron chi connectivity index (χ4n) is 5.57.